The van der Waals surface area contributed by atoms with E-state index in [4.69, 9.17) is 4.74 Å². The van der Waals surface area contributed by atoms with E-state index in [2.05, 4.69) is 21.2 Å². The van der Waals surface area contributed by atoms with Gasteiger partial charge >= 0.3 is 0 Å². The first-order valence-corrected chi connectivity index (χ1v) is 6.81. The van der Waals surface area contributed by atoms with Crippen LogP contribution in [0.4, 0.5) is 8.78 Å². The monoisotopic (exact) mass is 333 g/mol. The second-order valence-corrected chi connectivity index (χ2v) is 5.42. The zero-order valence-corrected chi connectivity index (χ0v) is 12.0. The molecule has 104 valence electrons. The number of hydrogen-bond acceptors (Lipinski definition) is 2. The SMILES string of the molecule is CCOc1ccc(Br)cc1C(=O)NC1CC(F)(F)C1. The molecule has 1 amide bonds. The van der Waals surface area contributed by atoms with E-state index in [-0.39, 0.29) is 18.7 Å². The summed E-state index contributed by atoms with van der Waals surface area (Å²) in [7, 11) is 0. The van der Waals surface area contributed by atoms with Crippen molar-refractivity contribution in [2.24, 2.45) is 0 Å². The molecule has 1 aromatic rings. The molecule has 0 aliphatic heterocycles. The summed E-state index contributed by atoms with van der Waals surface area (Å²) < 4.78 is 31.5. The van der Waals surface area contributed by atoms with Crippen LogP contribution < -0.4 is 10.1 Å². The molecule has 0 heterocycles. The Balaban J connectivity index is 2.08. The fourth-order valence-corrected chi connectivity index (χ4v) is 2.35. The second kappa shape index (κ2) is 5.45. The second-order valence-electron chi connectivity index (χ2n) is 4.51. The first-order valence-electron chi connectivity index (χ1n) is 6.02. The van der Waals surface area contributed by atoms with Gasteiger partial charge in [-0.15, -0.1) is 0 Å². The predicted octanol–water partition coefficient (Wildman–Crippen LogP) is 3.38. The van der Waals surface area contributed by atoms with Crippen molar-refractivity contribution in [2.75, 3.05) is 6.61 Å². The number of nitrogens with one attached hydrogen (secondary N) is 1. The summed E-state index contributed by atoms with van der Waals surface area (Å²) in [5, 5.41) is 2.59. The fraction of sp³-hybridized carbons (Fsp3) is 0.462. The van der Waals surface area contributed by atoms with Gasteiger partial charge in [0.25, 0.3) is 11.8 Å². The Hall–Kier alpha value is -1.17. The summed E-state index contributed by atoms with van der Waals surface area (Å²) in [5.74, 6) is -2.57. The van der Waals surface area contributed by atoms with Gasteiger partial charge in [-0.25, -0.2) is 8.78 Å². The highest BCUT2D eigenvalue weighted by atomic mass is 79.9. The van der Waals surface area contributed by atoms with Crippen LogP contribution >= 0.6 is 15.9 Å². The summed E-state index contributed by atoms with van der Waals surface area (Å²) >= 11 is 3.28. The Morgan fingerprint density at radius 3 is 2.79 bits per heavy atom. The first kappa shape index (κ1) is 14.2. The third kappa shape index (κ3) is 3.43. The molecule has 1 N–H and O–H groups in total. The fourth-order valence-electron chi connectivity index (χ4n) is 1.99. The first-order chi connectivity index (χ1) is 8.91. The molecule has 1 aliphatic rings. The van der Waals surface area contributed by atoms with E-state index >= 15 is 0 Å². The lowest BCUT2D eigenvalue weighted by atomic mass is 9.88. The van der Waals surface area contributed by atoms with Crippen molar-refractivity contribution in [2.45, 2.75) is 31.7 Å². The molecule has 2 rings (SSSR count). The van der Waals surface area contributed by atoms with Gasteiger partial charge in [-0.05, 0) is 25.1 Å². The molecule has 0 saturated heterocycles. The van der Waals surface area contributed by atoms with Crippen LogP contribution in [0.5, 0.6) is 5.75 Å². The molecule has 6 heteroatoms. The zero-order chi connectivity index (χ0) is 14.0. The summed E-state index contributed by atoms with van der Waals surface area (Å²) in [4.78, 5) is 12.0. The van der Waals surface area contributed by atoms with E-state index in [1.54, 1.807) is 18.2 Å². The summed E-state index contributed by atoms with van der Waals surface area (Å²) in [6.07, 6.45) is -0.590. The Labute approximate surface area is 118 Å². The van der Waals surface area contributed by atoms with Gasteiger partial charge in [0.05, 0.1) is 12.2 Å². The van der Waals surface area contributed by atoms with Crippen LogP contribution in [0.2, 0.25) is 0 Å². The van der Waals surface area contributed by atoms with Crippen molar-refractivity contribution < 1.29 is 18.3 Å². The molecule has 3 nitrogen and oxygen atoms in total. The van der Waals surface area contributed by atoms with Crippen LogP contribution in [-0.2, 0) is 0 Å². The molecule has 1 fully saturated rings. The lowest BCUT2D eigenvalue weighted by Gasteiger charge is -2.35. The molecular formula is C13H14BrF2NO2. The van der Waals surface area contributed by atoms with Crippen LogP contribution in [0, 0.1) is 0 Å². The van der Waals surface area contributed by atoms with Crippen LogP contribution in [0.3, 0.4) is 0 Å². The number of benzene rings is 1. The highest BCUT2D eigenvalue weighted by Gasteiger charge is 2.46. The van der Waals surface area contributed by atoms with E-state index in [1.165, 1.54) is 0 Å². The quantitative estimate of drug-likeness (QED) is 0.917. The Morgan fingerprint density at radius 2 is 2.21 bits per heavy atom. The number of carbonyl (C=O) groups is 1. The third-order valence-corrected chi connectivity index (χ3v) is 3.40. The van der Waals surface area contributed by atoms with Gasteiger partial charge in [-0.2, -0.15) is 0 Å². The van der Waals surface area contributed by atoms with Crippen LogP contribution in [0.1, 0.15) is 30.1 Å². The zero-order valence-electron chi connectivity index (χ0n) is 10.4. The van der Waals surface area contributed by atoms with E-state index in [0.717, 1.165) is 4.47 Å². The van der Waals surface area contributed by atoms with Crippen molar-refractivity contribution in [1.82, 2.24) is 5.32 Å². The molecule has 0 bridgehead atoms. The standard InChI is InChI=1S/C13H14BrF2NO2/c1-2-19-11-4-3-8(14)5-10(11)12(18)17-9-6-13(15,16)7-9/h3-5,9H,2,6-7H2,1H3,(H,17,18). The molecule has 0 aromatic heterocycles. The van der Waals surface area contributed by atoms with Gasteiger partial charge < -0.3 is 10.1 Å². The number of halogens is 3. The molecule has 1 aromatic carbocycles. The maximum absolute atomic E-state index is 12.7. The van der Waals surface area contributed by atoms with Crippen molar-refractivity contribution in [3.05, 3.63) is 28.2 Å². The van der Waals surface area contributed by atoms with E-state index in [9.17, 15) is 13.6 Å². The Morgan fingerprint density at radius 1 is 1.53 bits per heavy atom. The number of rotatable bonds is 4. The average molecular weight is 334 g/mol. The molecule has 0 atom stereocenters. The molecule has 1 saturated carbocycles. The largest absolute Gasteiger partial charge is 0.493 e. The van der Waals surface area contributed by atoms with Crippen molar-refractivity contribution in [3.8, 4) is 5.75 Å². The van der Waals surface area contributed by atoms with Gasteiger partial charge in [0.1, 0.15) is 5.75 Å². The topological polar surface area (TPSA) is 38.3 Å². The van der Waals surface area contributed by atoms with Crippen LogP contribution in [-0.4, -0.2) is 24.5 Å². The number of alkyl halides is 2. The van der Waals surface area contributed by atoms with E-state index in [1.807, 2.05) is 6.92 Å². The van der Waals surface area contributed by atoms with Crippen LogP contribution in [0.15, 0.2) is 22.7 Å². The summed E-state index contributed by atoms with van der Waals surface area (Å²) in [6, 6.07) is 4.60. The molecule has 0 spiro atoms. The number of carbonyl (C=O) groups excluding carboxylic acids is 1. The molecule has 0 radical (unpaired) electrons. The van der Waals surface area contributed by atoms with Gasteiger partial charge in [0.2, 0.25) is 0 Å². The highest BCUT2D eigenvalue weighted by molar-refractivity contribution is 9.10. The maximum atomic E-state index is 12.7. The molecule has 1 aliphatic carbocycles. The van der Waals surface area contributed by atoms with Crippen LogP contribution in [0.25, 0.3) is 0 Å². The average Bonchev–Trinajstić information content (AvgIpc) is 2.29. The van der Waals surface area contributed by atoms with Gasteiger partial charge in [-0.1, -0.05) is 15.9 Å². The minimum atomic E-state index is -2.64. The normalized spacial score (nSPS) is 17.7. The Bertz CT molecular complexity index is 486. The summed E-state index contributed by atoms with van der Waals surface area (Å²) in [6.45, 7) is 2.25. The number of amides is 1. The van der Waals surface area contributed by atoms with Gasteiger partial charge in [0.15, 0.2) is 0 Å². The van der Waals surface area contributed by atoms with E-state index < -0.39 is 12.0 Å². The molecule has 19 heavy (non-hydrogen) atoms. The summed E-state index contributed by atoms with van der Waals surface area (Å²) in [5.41, 5.74) is 0.353. The maximum Gasteiger partial charge on any atom is 0.255 e. The highest BCUT2D eigenvalue weighted by Crippen LogP contribution is 2.37. The van der Waals surface area contributed by atoms with E-state index in [0.29, 0.717) is 17.9 Å². The smallest absolute Gasteiger partial charge is 0.255 e. The van der Waals surface area contributed by atoms with Gasteiger partial charge in [-0.3, -0.25) is 4.79 Å². The van der Waals surface area contributed by atoms with Crippen molar-refractivity contribution in [1.29, 1.82) is 0 Å². The third-order valence-electron chi connectivity index (χ3n) is 2.91. The number of ether oxygens (including phenoxy) is 1. The lowest BCUT2D eigenvalue weighted by molar-refractivity contribution is -0.0901. The van der Waals surface area contributed by atoms with Crippen molar-refractivity contribution >= 4 is 21.8 Å². The van der Waals surface area contributed by atoms with Gasteiger partial charge in [0, 0.05) is 23.4 Å². The number of hydrogen-bond donors (Lipinski definition) is 1. The molecule has 0 unspecified atom stereocenters. The Kier molecular flexibility index (Phi) is 4.08. The predicted molar refractivity (Wildman–Crippen MR) is 70.7 cm³/mol. The van der Waals surface area contributed by atoms with Crippen molar-refractivity contribution in [3.63, 3.8) is 0 Å². The molecular weight excluding hydrogens is 320 g/mol. The lowest BCUT2D eigenvalue weighted by Crippen LogP contribution is -2.50. The minimum Gasteiger partial charge on any atom is -0.493 e. The minimum absolute atomic E-state index is 0.295.